The Morgan fingerprint density at radius 3 is 2.07 bits per heavy atom. The molecule has 0 aromatic heterocycles. The summed E-state index contributed by atoms with van der Waals surface area (Å²) in [5.41, 5.74) is 0. The van der Waals surface area contributed by atoms with Gasteiger partial charge in [0, 0.05) is 6.42 Å². The van der Waals surface area contributed by atoms with Crippen LogP contribution in [0.4, 0.5) is 0 Å². The summed E-state index contributed by atoms with van der Waals surface area (Å²) in [6.07, 6.45) is -0.0800. The zero-order valence-corrected chi connectivity index (χ0v) is 10.7. The predicted octanol–water partition coefficient (Wildman–Crippen LogP) is -2.21. The zero-order chi connectivity index (χ0) is 10.3. The maximum Gasteiger partial charge on any atom is 1.00 e. The van der Waals surface area contributed by atoms with Crippen LogP contribution in [0.3, 0.4) is 0 Å². The average Bonchev–Trinajstić information content (AvgIpc) is 2.00. The third-order valence-electron chi connectivity index (χ3n) is 1.12. The van der Waals surface area contributed by atoms with Crippen LogP contribution in [-0.4, -0.2) is 33.8 Å². The number of ether oxygens (including phenoxy) is 1. The van der Waals surface area contributed by atoms with Crippen LogP contribution in [0.1, 0.15) is 20.7 Å². The van der Waals surface area contributed by atoms with Crippen molar-refractivity contribution in [2.45, 2.75) is 19.3 Å². The van der Waals surface area contributed by atoms with E-state index in [-0.39, 0.29) is 61.9 Å². The van der Waals surface area contributed by atoms with E-state index in [1.165, 1.54) is 0 Å². The van der Waals surface area contributed by atoms with Crippen molar-refractivity contribution in [1.29, 1.82) is 0 Å². The van der Waals surface area contributed by atoms with Crippen molar-refractivity contribution in [3.05, 3.63) is 0 Å². The van der Waals surface area contributed by atoms with Crippen LogP contribution >= 0.6 is 12.2 Å². The minimum Gasteiger partial charge on any atom is -1.00 e. The van der Waals surface area contributed by atoms with Gasteiger partial charge in [-0.3, -0.25) is 9.59 Å². The first-order valence-electron chi connectivity index (χ1n) is 3.61. The van der Waals surface area contributed by atoms with Gasteiger partial charge in [0.1, 0.15) is 0 Å². The van der Waals surface area contributed by atoms with Gasteiger partial charge in [-0.15, -0.1) is 0 Å². The Morgan fingerprint density at radius 1 is 1.14 bits per heavy atom. The molecule has 0 saturated heterocycles. The van der Waals surface area contributed by atoms with E-state index in [0.717, 1.165) is 0 Å². The molecule has 0 atom stereocenters. The van der Waals surface area contributed by atoms with Crippen molar-refractivity contribution in [3.63, 3.8) is 0 Å². The number of hydrogen-bond donors (Lipinski definition) is 2. The second-order valence-corrected chi connectivity index (χ2v) is 2.71. The van der Waals surface area contributed by atoms with Gasteiger partial charge in [-0.05, 0) is 12.2 Å². The summed E-state index contributed by atoms with van der Waals surface area (Å²) >= 11 is 4.65. The van der Waals surface area contributed by atoms with Crippen LogP contribution in [0.2, 0.25) is 0 Å². The molecule has 14 heavy (non-hydrogen) atoms. The molecule has 0 aromatic rings. The Kier molecular flexibility index (Phi) is 10.9. The second kappa shape index (κ2) is 9.39. The van der Waals surface area contributed by atoms with E-state index < -0.39 is 11.9 Å². The van der Waals surface area contributed by atoms with Gasteiger partial charge in [0.2, 0.25) is 0 Å². The van der Waals surface area contributed by atoms with Crippen LogP contribution < -0.4 is 29.6 Å². The van der Waals surface area contributed by atoms with Gasteiger partial charge >= 0.3 is 41.5 Å². The Morgan fingerprint density at radius 2 is 1.64 bits per heavy atom. The molecule has 7 heteroatoms. The van der Waals surface area contributed by atoms with E-state index >= 15 is 0 Å². The molecule has 0 spiro atoms. The smallest absolute Gasteiger partial charge is 1.00 e. The molecule has 0 aliphatic carbocycles. The molecule has 5 nitrogen and oxygen atoms in total. The Labute approximate surface area is 110 Å². The quantitative estimate of drug-likeness (QED) is 0.397. The Bertz CT molecular complexity index is 223. The summed E-state index contributed by atoms with van der Waals surface area (Å²) in [5.74, 6) is -1.93. The normalized spacial score (nSPS) is 8.57. The molecule has 0 aliphatic rings. The van der Waals surface area contributed by atoms with Crippen LogP contribution in [0.25, 0.3) is 0 Å². The zero-order valence-electron chi connectivity index (χ0n) is 8.86. The van der Waals surface area contributed by atoms with Crippen LogP contribution in [-0.2, 0) is 14.3 Å². The third kappa shape index (κ3) is 11.8. The summed E-state index contributed by atoms with van der Waals surface area (Å²) < 4.78 is 4.79. The van der Waals surface area contributed by atoms with Crippen molar-refractivity contribution in [3.8, 4) is 0 Å². The fraction of sp³-hybridized carbons (Fsp3) is 0.571. The van der Waals surface area contributed by atoms with Gasteiger partial charge in [0.25, 0.3) is 0 Å². The monoisotopic (exact) mass is 230 g/mol. The van der Waals surface area contributed by atoms with Crippen LogP contribution in [0.5, 0.6) is 0 Å². The molecule has 0 rings (SSSR count). The van der Waals surface area contributed by atoms with Gasteiger partial charge in [0.15, 0.2) is 5.05 Å². The van der Waals surface area contributed by atoms with Crippen LogP contribution in [0, 0.1) is 0 Å². The van der Waals surface area contributed by atoms with E-state index in [0.29, 0.717) is 0 Å². The SMILES string of the molecule is O=C(O)CCOC(=S)CCC(=O)O.[H-].[Na+]. The number of hydrogen-bond acceptors (Lipinski definition) is 4. The van der Waals surface area contributed by atoms with Gasteiger partial charge in [0.05, 0.1) is 19.4 Å². The van der Waals surface area contributed by atoms with Crippen molar-refractivity contribution in [2.75, 3.05) is 6.61 Å². The van der Waals surface area contributed by atoms with Gasteiger partial charge in [-0.2, -0.15) is 0 Å². The number of rotatable bonds is 6. The molecule has 0 bridgehead atoms. The van der Waals surface area contributed by atoms with Gasteiger partial charge in [-0.1, -0.05) is 0 Å². The standard InChI is InChI=1S/C7H10O5S.Na.H/c8-5(9)1-2-7(13)12-4-3-6(10)11;;/h1-4H2,(H,8,9)(H,10,11);;/q;+1;-1. The molecule has 2 N–H and O–H groups in total. The Balaban J connectivity index is -0.000000720. The first kappa shape index (κ1) is 16.3. The number of thiocarbonyl (C=S) groups is 1. The summed E-state index contributed by atoms with van der Waals surface area (Å²) in [6.45, 7) is -0.00616. The fourth-order valence-corrected chi connectivity index (χ4v) is 0.719. The summed E-state index contributed by atoms with van der Waals surface area (Å²) in [6, 6.07) is 0. The molecule has 0 saturated carbocycles. The molecule has 0 unspecified atom stereocenters. The van der Waals surface area contributed by atoms with Crippen LogP contribution in [0.15, 0.2) is 0 Å². The Hall–Kier alpha value is -0.170. The van der Waals surface area contributed by atoms with E-state index in [4.69, 9.17) is 14.9 Å². The molecule has 0 fully saturated rings. The maximum absolute atomic E-state index is 10.1. The second-order valence-electron chi connectivity index (χ2n) is 2.26. The van der Waals surface area contributed by atoms with Gasteiger partial charge < -0.3 is 16.4 Å². The fourth-order valence-electron chi connectivity index (χ4n) is 0.533. The molecular weight excluding hydrogens is 219 g/mol. The molecular formula is C7H11NaO5S. The number of carboxylic acids is 2. The number of aliphatic carboxylic acids is 2. The molecule has 0 heterocycles. The summed E-state index contributed by atoms with van der Waals surface area (Å²) in [4.78, 5) is 20.1. The topological polar surface area (TPSA) is 83.8 Å². The minimum atomic E-state index is -0.971. The van der Waals surface area contributed by atoms with Gasteiger partial charge in [-0.25, -0.2) is 0 Å². The average molecular weight is 230 g/mol. The van der Waals surface area contributed by atoms with E-state index in [1.54, 1.807) is 0 Å². The predicted molar refractivity (Wildman–Crippen MR) is 48.8 cm³/mol. The number of carboxylic acid groups (broad SMARTS) is 2. The third-order valence-corrected chi connectivity index (χ3v) is 1.44. The van der Waals surface area contributed by atoms with E-state index in [2.05, 4.69) is 12.2 Å². The van der Waals surface area contributed by atoms with E-state index in [9.17, 15) is 9.59 Å². The largest absolute Gasteiger partial charge is 1.00 e. The molecule has 0 amide bonds. The molecule has 0 radical (unpaired) electrons. The summed E-state index contributed by atoms with van der Waals surface area (Å²) in [5, 5.41) is 16.6. The molecule has 0 aromatic carbocycles. The summed E-state index contributed by atoms with van der Waals surface area (Å²) in [7, 11) is 0. The number of carbonyl (C=O) groups is 2. The molecule has 0 aliphatic heterocycles. The van der Waals surface area contributed by atoms with E-state index in [1.807, 2.05) is 0 Å². The van der Waals surface area contributed by atoms with Crippen molar-refractivity contribution >= 4 is 29.2 Å². The maximum atomic E-state index is 10.1. The first-order valence-corrected chi connectivity index (χ1v) is 4.02. The van der Waals surface area contributed by atoms with Crippen molar-refractivity contribution < 1.29 is 55.5 Å². The molecule has 76 valence electrons. The van der Waals surface area contributed by atoms with Crippen molar-refractivity contribution in [2.24, 2.45) is 0 Å². The van der Waals surface area contributed by atoms with Crippen molar-refractivity contribution in [1.82, 2.24) is 0 Å². The first-order chi connectivity index (χ1) is 6.02. The minimum absolute atomic E-state index is 0.